The summed E-state index contributed by atoms with van der Waals surface area (Å²) in [4.78, 5) is 12.5. The van der Waals surface area contributed by atoms with Crippen molar-refractivity contribution >= 4 is 23.1 Å². The van der Waals surface area contributed by atoms with E-state index in [2.05, 4.69) is 0 Å². The van der Waals surface area contributed by atoms with Gasteiger partial charge in [-0.1, -0.05) is 11.6 Å². The first kappa shape index (κ1) is 15.2. The van der Waals surface area contributed by atoms with Crippen LogP contribution in [0.1, 0.15) is 22.8 Å². The number of methoxy groups -OCH3 is 1. The lowest BCUT2D eigenvalue weighted by molar-refractivity contribution is 0.103. The second-order valence-electron chi connectivity index (χ2n) is 4.36. The second-order valence-corrected chi connectivity index (χ2v) is 4.77. The molecule has 0 saturated heterocycles. The molecule has 0 amide bonds. The van der Waals surface area contributed by atoms with Crippen molar-refractivity contribution in [1.82, 2.24) is 0 Å². The van der Waals surface area contributed by atoms with Gasteiger partial charge in [0.1, 0.15) is 11.5 Å². The Kier molecular flexibility index (Phi) is 4.70. The van der Waals surface area contributed by atoms with Crippen LogP contribution in [0, 0.1) is 0 Å². The van der Waals surface area contributed by atoms with E-state index in [1.54, 1.807) is 43.5 Å². The standard InChI is InChI=1S/C16H16ClNO3/c1-3-21-15-7-4-10(8-14(15)18)16(19)12-6-5-11(20-2)9-13(12)17/h4-9H,3,18H2,1-2H3. The van der Waals surface area contributed by atoms with Crippen molar-refractivity contribution in [1.29, 1.82) is 0 Å². The second kappa shape index (κ2) is 6.50. The molecule has 0 spiro atoms. The number of nitrogen functional groups attached to an aromatic ring is 1. The smallest absolute Gasteiger partial charge is 0.194 e. The number of hydrogen-bond acceptors (Lipinski definition) is 4. The monoisotopic (exact) mass is 305 g/mol. The van der Waals surface area contributed by atoms with Gasteiger partial charge in [-0.15, -0.1) is 0 Å². The molecule has 2 aromatic carbocycles. The quantitative estimate of drug-likeness (QED) is 0.677. The van der Waals surface area contributed by atoms with E-state index in [9.17, 15) is 4.79 Å². The summed E-state index contributed by atoms with van der Waals surface area (Å²) >= 11 is 6.12. The number of carbonyl (C=O) groups excluding carboxylic acids is 1. The summed E-state index contributed by atoms with van der Waals surface area (Å²) in [6.07, 6.45) is 0. The van der Waals surface area contributed by atoms with Crippen LogP contribution in [-0.2, 0) is 0 Å². The van der Waals surface area contributed by atoms with Crippen molar-refractivity contribution in [3.8, 4) is 11.5 Å². The Bertz CT molecular complexity index is 671. The molecular weight excluding hydrogens is 290 g/mol. The van der Waals surface area contributed by atoms with Crippen LogP contribution in [0.5, 0.6) is 11.5 Å². The number of halogens is 1. The molecule has 2 N–H and O–H groups in total. The molecule has 0 aliphatic rings. The molecule has 0 radical (unpaired) electrons. The van der Waals surface area contributed by atoms with Crippen molar-refractivity contribution in [3.63, 3.8) is 0 Å². The average Bonchev–Trinajstić information content (AvgIpc) is 2.48. The fourth-order valence-corrected chi connectivity index (χ4v) is 2.20. The van der Waals surface area contributed by atoms with E-state index in [4.69, 9.17) is 26.8 Å². The Morgan fingerprint density at radius 2 is 2.00 bits per heavy atom. The third-order valence-electron chi connectivity index (χ3n) is 2.99. The summed E-state index contributed by atoms with van der Waals surface area (Å²) in [6.45, 7) is 2.39. The molecule has 21 heavy (non-hydrogen) atoms. The number of ketones is 1. The number of rotatable bonds is 5. The number of ether oxygens (including phenoxy) is 2. The average molecular weight is 306 g/mol. The summed E-state index contributed by atoms with van der Waals surface area (Å²) in [5, 5.41) is 0.340. The molecule has 0 bridgehead atoms. The van der Waals surface area contributed by atoms with Gasteiger partial charge in [-0.25, -0.2) is 0 Å². The van der Waals surface area contributed by atoms with Crippen LogP contribution in [0.15, 0.2) is 36.4 Å². The number of hydrogen-bond donors (Lipinski definition) is 1. The Morgan fingerprint density at radius 1 is 1.24 bits per heavy atom. The van der Waals surface area contributed by atoms with E-state index in [0.717, 1.165) is 0 Å². The Morgan fingerprint density at radius 3 is 2.57 bits per heavy atom. The van der Waals surface area contributed by atoms with E-state index in [1.807, 2.05) is 6.92 Å². The van der Waals surface area contributed by atoms with Crippen molar-refractivity contribution in [3.05, 3.63) is 52.5 Å². The highest BCUT2D eigenvalue weighted by Gasteiger charge is 2.15. The first-order chi connectivity index (χ1) is 10.1. The molecule has 110 valence electrons. The van der Waals surface area contributed by atoms with Gasteiger partial charge in [0.25, 0.3) is 0 Å². The third kappa shape index (κ3) is 3.28. The van der Waals surface area contributed by atoms with Crippen LogP contribution in [0.25, 0.3) is 0 Å². The van der Waals surface area contributed by atoms with E-state index in [0.29, 0.717) is 39.9 Å². The first-order valence-electron chi connectivity index (χ1n) is 6.47. The highest BCUT2D eigenvalue weighted by molar-refractivity contribution is 6.35. The number of carbonyl (C=O) groups is 1. The summed E-state index contributed by atoms with van der Waals surface area (Å²) in [6, 6.07) is 9.88. The maximum Gasteiger partial charge on any atom is 0.194 e. The molecule has 0 heterocycles. The summed E-state index contributed by atoms with van der Waals surface area (Å²) in [7, 11) is 1.54. The SMILES string of the molecule is CCOc1ccc(C(=O)c2ccc(OC)cc2Cl)cc1N. The van der Waals surface area contributed by atoms with E-state index in [-0.39, 0.29) is 5.78 Å². The van der Waals surface area contributed by atoms with E-state index >= 15 is 0 Å². The molecular formula is C16H16ClNO3. The fourth-order valence-electron chi connectivity index (χ4n) is 1.94. The van der Waals surface area contributed by atoms with Crippen molar-refractivity contribution < 1.29 is 14.3 Å². The van der Waals surface area contributed by atoms with Crippen LogP contribution < -0.4 is 15.2 Å². The zero-order chi connectivity index (χ0) is 15.4. The molecule has 2 rings (SSSR count). The van der Waals surface area contributed by atoms with Crippen molar-refractivity contribution in [2.75, 3.05) is 19.5 Å². The van der Waals surface area contributed by atoms with Crippen LogP contribution in [0.4, 0.5) is 5.69 Å². The molecule has 0 saturated carbocycles. The largest absolute Gasteiger partial charge is 0.497 e. The van der Waals surface area contributed by atoms with E-state index < -0.39 is 0 Å². The lowest BCUT2D eigenvalue weighted by Crippen LogP contribution is -2.04. The number of benzene rings is 2. The van der Waals surface area contributed by atoms with Gasteiger partial charge in [0, 0.05) is 11.1 Å². The van der Waals surface area contributed by atoms with Gasteiger partial charge < -0.3 is 15.2 Å². The Hall–Kier alpha value is -2.20. The van der Waals surface area contributed by atoms with Gasteiger partial charge in [0.2, 0.25) is 0 Å². The van der Waals surface area contributed by atoms with Crippen LogP contribution in [-0.4, -0.2) is 19.5 Å². The molecule has 4 nitrogen and oxygen atoms in total. The summed E-state index contributed by atoms with van der Waals surface area (Å²) in [5.74, 6) is 0.968. The minimum absolute atomic E-state index is 0.197. The zero-order valence-corrected chi connectivity index (χ0v) is 12.6. The topological polar surface area (TPSA) is 61.5 Å². The Balaban J connectivity index is 2.34. The maximum absolute atomic E-state index is 12.5. The zero-order valence-electron chi connectivity index (χ0n) is 11.9. The lowest BCUT2D eigenvalue weighted by Gasteiger charge is -2.09. The lowest BCUT2D eigenvalue weighted by atomic mass is 10.0. The highest BCUT2D eigenvalue weighted by Crippen LogP contribution is 2.27. The van der Waals surface area contributed by atoms with Crippen LogP contribution in [0.3, 0.4) is 0 Å². The first-order valence-corrected chi connectivity index (χ1v) is 6.85. The van der Waals surface area contributed by atoms with Crippen LogP contribution >= 0.6 is 11.6 Å². The molecule has 2 aromatic rings. The van der Waals surface area contributed by atoms with E-state index in [1.165, 1.54) is 0 Å². The molecule has 0 aliphatic carbocycles. The molecule has 0 fully saturated rings. The Labute approximate surface area is 128 Å². The molecule has 0 atom stereocenters. The van der Waals surface area contributed by atoms with Gasteiger partial charge in [0.05, 0.1) is 24.4 Å². The van der Waals surface area contributed by atoms with Gasteiger partial charge in [0.15, 0.2) is 5.78 Å². The minimum Gasteiger partial charge on any atom is -0.497 e. The van der Waals surface area contributed by atoms with Crippen molar-refractivity contribution in [2.24, 2.45) is 0 Å². The highest BCUT2D eigenvalue weighted by atomic mass is 35.5. The maximum atomic E-state index is 12.5. The molecule has 0 aromatic heterocycles. The third-order valence-corrected chi connectivity index (χ3v) is 3.31. The molecule has 5 heteroatoms. The van der Waals surface area contributed by atoms with Gasteiger partial charge >= 0.3 is 0 Å². The fraction of sp³-hybridized carbons (Fsp3) is 0.188. The van der Waals surface area contributed by atoms with Crippen LogP contribution in [0.2, 0.25) is 5.02 Å². The summed E-state index contributed by atoms with van der Waals surface area (Å²) < 4.78 is 10.4. The molecule has 0 unspecified atom stereocenters. The van der Waals surface area contributed by atoms with Gasteiger partial charge in [-0.05, 0) is 43.3 Å². The summed E-state index contributed by atoms with van der Waals surface area (Å²) in [5.41, 5.74) is 7.17. The molecule has 0 aliphatic heterocycles. The van der Waals surface area contributed by atoms with Gasteiger partial charge in [-0.3, -0.25) is 4.79 Å². The number of nitrogens with two attached hydrogens (primary N) is 1. The normalized spacial score (nSPS) is 10.2. The predicted molar refractivity (Wildman–Crippen MR) is 83.5 cm³/mol. The van der Waals surface area contributed by atoms with Crippen molar-refractivity contribution in [2.45, 2.75) is 6.92 Å². The predicted octanol–water partition coefficient (Wildman–Crippen LogP) is 3.56. The number of anilines is 1. The minimum atomic E-state index is -0.197. The van der Waals surface area contributed by atoms with Gasteiger partial charge in [-0.2, -0.15) is 0 Å².